The zero-order chi connectivity index (χ0) is 29.9. The summed E-state index contributed by atoms with van der Waals surface area (Å²) in [6.45, 7) is 1.94. The molecule has 0 aliphatic rings. The Morgan fingerprint density at radius 1 is 0.767 bits per heavy atom. The number of rotatable bonds is 15. The number of hydrogen-bond donors (Lipinski definition) is 2. The standard InChI is InChI=1S/C34H35Cl2NO5.Ac/c1-37(21-33(25-6-12-28(35)13-7-25)26-8-14-29(36)15-9-26)20-2-3-24-4-16-31(17-5-24)41-22-30(38)23-42-32-18-10-27(11-19-32)34(39)40;/h4-19,30,33,38H,2-3,20-23H2,1H3,(H,39,40);. The van der Waals surface area contributed by atoms with Gasteiger partial charge in [-0.3, -0.25) is 0 Å². The molecule has 0 saturated carbocycles. The number of aliphatic hydroxyl groups is 1. The van der Waals surface area contributed by atoms with Crippen molar-refractivity contribution in [3.8, 4) is 11.5 Å². The molecular weight excluding hydrogens is 800 g/mol. The van der Waals surface area contributed by atoms with Crippen molar-refractivity contribution in [1.82, 2.24) is 4.90 Å². The summed E-state index contributed by atoms with van der Waals surface area (Å²) in [6.07, 6.45) is 1.12. The molecule has 0 aliphatic heterocycles. The molecule has 0 heterocycles. The molecule has 4 rings (SSSR count). The number of aromatic carboxylic acids is 1. The van der Waals surface area contributed by atoms with E-state index in [0.717, 1.165) is 36.0 Å². The SMILES string of the molecule is CN(CCCc1ccc(OCC(O)COc2ccc(C(=O)O)cc2)cc1)CC(c1ccc(Cl)cc1)c1ccc(Cl)cc1.[Ac]. The molecule has 4 aromatic rings. The normalized spacial score (nSPS) is 11.7. The van der Waals surface area contributed by atoms with Crippen LogP contribution in [0.2, 0.25) is 10.0 Å². The minimum absolute atomic E-state index is 0. The van der Waals surface area contributed by atoms with E-state index >= 15 is 0 Å². The summed E-state index contributed by atoms with van der Waals surface area (Å²) < 4.78 is 11.2. The number of aliphatic hydroxyl groups excluding tert-OH is 1. The summed E-state index contributed by atoms with van der Waals surface area (Å²) >= 11 is 12.3. The second-order valence-corrected chi connectivity index (χ2v) is 11.1. The number of likely N-dealkylation sites (N-methyl/N-ethyl adjacent to an activating group) is 1. The van der Waals surface area contributed by atoms with E-state index in [4.69, 9.17) is 37.8 Å². The first-order valence-electron chi connectivity index (χ1n) is 13.8. The van der Waals surface area contributed by atoms with Gasteiger partial charge in [0.2, 0.25) is 0 Å². The van der Waals surface area contributed by atoms with Crippen LogP contribution in [0.25, 0.3) is 0 Å². The van der Waals surface area contributed by atoms with Crippen LogP contribution in [0, 0.1) is 44.1 Å². The van der Waals surface area contributed by atoms with Crippen molar-refractivity contribution in [3.05, 3.63) is 129 Å². The van der Waals surface area contributed by atoms with Crippen LogP contribution in [0.1, 0.15) is 39.4 Å². The molecule has 1 unspecified atom stereocenters. The van der Waals surface area contributed by atoms with Gasteiger partial charge in [-0.25, -0.2) is 4.79 Å². The molecule has 223 valence electrons. The third-order valence-electron chi connectivity index (χ3n) is 6.95. The maximum atomic E-state index is 10.9. The number of aryl methyl sites for hydroxylation is 1. The Bertz CT molecular complexity index is 1360. The Balaban J connectivity index is 0.00000506. The van der Waals surface area contributed by atoms with Crippen LogP contribution in [0.15, 0.2) is 97.1 Å². The van der Waals surface area contributed by atoms with Gasteiger partial charge in [0.15, 0.2) is 0 Å². The van der Waals surface area contributed by atoms with Gasteiger partial charge >= 0.3 is 5.97 Å². The average Bonchev–Trinajstić information content (AvgIpc) is 2.99. The predicted molar refractivity (Wildman–Crippen MR) is 167 cm³/mol. The first-order chi connectivity index (χ1) is 20.3. The Kier molecular flexibility index (Phi) is 14.8. The molecule has 4 aromatic carbocycles. The van der Waals surface area contributed by atoms with Crippen LogP contribution in [0.4, 0.5) is 0 Å². The van der Waals surface area contributed by atoms with Crippen LogP contribution < -0.4 is 9.47 Å². The molecule has 1 atom stereocenters. The first-order valence-corrected chi connectivity index (χ1v) is 14.6. The predicted octanol–water partition coefficient (Wildman–Crippen LogP) is 7.21. The molecule has 1 radical (unpaired) electrons. The second kappa shape index (κ2) is 18.0. The summed E-state index contributed by atoms with van der Waals surface area (Å²) in [4.78, 5) is 13.3. The van der Waals surface area contributed by atoms with Crippen molar-refractivity contribution < 1.29 is 68.5 Å². The van der Waals surface area contributed by atoms with E-state index in [-0.39, 0.29) is 68.8 Å². The van der Waals surface area contributed by atoms with Crippen LogP contribution >= 0.6 is 23.2 Å². The quantitative estimate of drug-likeness (QED) is 0.132. The maximum Gasteiger partial charge on any atom is 0.335 e. The monoisotopic (exact) mass is 834 g/mol. The molecule has 0 saturated heterocycles. The Morgan fingerprint density at radius 3 is 1.70 bits per heavy atom. The Morgan fingerprint density at radius 2 is 1.23 bits per heavy atom. The van der Waals surface area contributed by atoms with Crippen molar-refractivity contribution in [3.63, 3.8) is 0 Å². The van der Waals surface area contributed by atoms with E-state index < -0.39 is 12.1 Å². The largest absolute Gasteiger partial charge is 0.491 e. The number of carbonyl (C=O) groups is 1. The van der Waals surface area contributed by atoms with E-state index in [1.54, 1.807) is 12.1 Å². The number of carboxylic acids is 1. The fourth-order valence-electron chi connectivity index (χ4n) is 4.63. The topological polar surface area (TPSA) is 79.2 Å². The number of hydrogen-bond acceptors (Lipinski definition) is 5. The molecule has 0 amide bonds. The molecule has 0 aromatic heterocycles. The smallest absolute Gasteiger partial charge is 0.335 e. The number of halogens is 2. The zero-order valence-electron chi connectivity index (χ0n) is 24.0. The molecular formula is C34H35AcCl2NO5. The first kappa shape index (κ1) is 35.4. The molecule has 0 aliphatic carbocycles. The summed E-state index contributed by atoms with van der Waals surface area (Å²) in [7, 11) is 2.15. The van der Waals surface area contributed by atoms with Gasteiger partial charge in [0, 0.05) is 66.6 Å². The molecule has 2 N–H and O–H groups in total. The summed E-state index contributed by atoms with van der Waals surface area (Å²) in [5, 5.41) is 20.6. The molecule has 43 heavy (non-hydrogen) atoms. The molecule has 0 bridgehead atoms. The minimum atomic E-state index is -0.998. The number of ether oxygens (including phenoxy) is 2. The fraction of sp³-hybridized carbons (Fsp3) is 0.265. The van der Waals surface area contributed by atoms with E-state index in [0.29, 0.717) is 11.5 Å². The van der Waals surface area contributed by atoms with E-state index in [9.17, 15) is 9.90 Å². The van der Waals surface area contributed by atoms with Crippen molar-refractivity contribution in [2.24, 2.45) is 0 Å². The Labute approximate surface area is 299 Å². The van der Waals surface area contributed by atoms with Crippen LogP contribution in [0.5, 0.6) is 11.5 Å². The van der Waals surface area contributed by atoms with E-state index in [2.05, 4.69) is 36.2 Å². The maximum absolute atomic E-state index is 10.9. The van der Waals surface area contributed by atoms with E-state index in [1.165, 1.54) is 28.8 Å². The van der Waals surface area contributed by atoms with Gasteiger partial charge in [-0.15, -0.1) is 0 Å². The minimum Gasteiger partial charge on any atom is -0.491 e. The van der Waals surface area contributed by atoms with Gasteiger partial charge in [-0.2, -0.15) is 0 Å². The third-order valence-corrected chi connectivity index (χ3v) is 7.46. The average molecular weight is 836 g/mol. The summed E-state index contributed by atoms with van der Waals surface area (Å²) in [5.41, 5.74) is 3.83. The van der Waals surface area contributed by atoms with Crippen LogP contribution in [-0.4, -0.2) is 60.5 Å². The van der Waals surface area contributed by atoms with Crippen LogP contribution in [-0.2, 0) is 6.42 Å². The molecule has 6 nitrogen and oxygen atoms in total. The van der Waals surface area contributed by atoms with Crippen LogP contribution in [0.3, 0.4) is 0 Å². The van der Waals surface area contributed by atoms with Crippen molar-refractivity contribution in [2.45, 2.75) is 24.9 Å². The number of nitrogens with zero attached hydrogens (tertiary/aromatic N) is 1. The number of benzene rings is 4. The molecule has 0 spiro atoms. The summed E-state index contributed by atoms with van der Waals surface area (Å²) in [5.74, 6) is 0.371. The zero-order valence-corrected chi connectivity index (χ0v) is 30.3. The van der Waals surface area contributed by atoms with Gasteiger partial charge in [0.1, 0.15) is 30.8 Å². The number of carboxylic acid groups (broad SMARTS) is 1. The third kappa shape index (κ3) is 11.7. The summed E-state index contributed by atoms with van der Waals surface area (Å²) in [6, 6.07) is 30.1. The van der Waals surface area contributed by atoms with Crippen molar-refractivity contribution in [1.29, 1.82) is 0 Å². The molecule has 9 heteroatoms. The van der Waals surface area contributed by atoms with Crippen molar-refractivity contribution >= 4 is 29.2 Å². The fourth-order valence-corrected chi connectivity index (χ4v) is 4.88. The second-order valence-electron chi connectivity index (χ2n) is 10.3. The van der Waals surface area contributed by atoms with Gasteiger partial charge < -0.3 is 24.6 Å². The van der Waals surface area contributed by atoms with Gasteiger partial charge in [-0.1, -0.05) is 59.6 Å². The van der Waals surface area contributed by atoms with Crippen molar-refractivity contribution in [2.75, 3.05) is 33.4 Å². The van der Waals surface area contributed by atoms with Gasteiger partial charge in [0.05, 0.1) is 5.56 Å². The molecule has 0 fully saturated rings. The Hall–Kier alpha value is -2.11. The van der Waals surface area contributed by atoms with E-state index in [1.807, 2.05) is 48.5 Å². The van der Waals surface area contributed by atoms with Gasteiger partial charge in [0.25, 0.3) is 0 Å². The van der Waals surface area contributed by atoms with Gasteiger partial charge in [-0.05, 0) is 104 Å².